The number of hydrogen-bond acceptors (Lipinski definition) is 4. The van der Waals surface area contributed by atoms with Crippen molar-refractivity contribution in [1.29, 1.82) is 0 Å². The summed E-state index contributed by atoms with van der Waals surface area (Å²) in [6.07, 6.45) is 5.07. The summed E-state index contributed by atoms with van der Waals surface area (Å²) in [5.74, 6) is -0.228. The Morgan fingerprint density at radius 1 is 1.03 bits per heavy atom. The predicted molar refractivity (Wildman–Crippen MR) is 113 cm³/mol. The zero-order valence-corrected chi connectivity index (χ0v) is 16.5. The van der Waals surface area contributed by atoms with Gasteiger partial charge in [0.2, 0.25) is 0 Å². The summed E-state index contributed by atoms with van der Waals surface area (Å²) >= 11 is 0. The number of fused-ring (bicyclic) bond motifs is 1. The molecule has 2 aliphatic heterocycles. The average molecular weight is 407 g/mol. The smallest absolute Gasteiger partial charge is 0.256 e. The fourth-order valence-electron chi connectivity index (χ4n) is 3.48. The van der Waals surface area contributed by atoms with E-state index in [9.17, 15) is 13.2 Å². The van der Waals surface area contributed by atoms with Gasteiger partial charge in [-0.3, -0.25) is 4.79 Å². The second-order valence-corrected chi connectivity index (χ2v) is 8.65. The molecule has 7 heteroatoms. The van der Waals surface area contributed by atoms with E-state index in [-0.39, 0.29) is 29.0 Å². The van der Waals surface area contributed by atoms with Crippen LogP contribution in [-0.2, 0) is 14.8 Å². The lowest BCUT2D eigenvalue weighted by molar-refractivity contribution is -0.117. The van der Waals surface area contributed by atoms with Crippen molar-refractivity contribution < 1.29 is 13.2 Å². The third kappa shape index (κ3) is 4.30. The first-order valence-corrected chi connectivity index (χ1v) is 11.0. The van der Waals surface area contributed by atoms with Gasteiger partial charge in [-0.05, 0) is 23.3 Å². The lowest BCUT2D eigenvalue weighted by Crippen LogP contribution is -2.42. The van der Waals surface area contributed by atoms with Crippen LogP contribution in [0.15, 0.2) is 89.0 Å². The van der Waals surface area contributed by atoms with E-state index in [2.05, 4.69) is 9.71 Å². The van der Waals surface area contributed by atoms with Crippen molar-refractivity contribution in [3.05, 3.63) is 95.7 Å². The first kappa shape index (κ1) is 19.1. The lowest BCUT2D eigenvalue weighted by Gasteiger charge is -2.29. The molecule has 0 atom stereocenters. The lowest BCUT2D eigenvalue weighted by atomic mass is 9.91. The number of sulfonamides is 1. The number of carbonyl (C=O) groups is 1. The number of amidine groups is 1. The molecule has 2 aromatic carbocycles. The van der Waals surface area contributed by atoms with Crippen molar-refractivity contribution >= 4 is 21.8 Å². The maximum absolute atomic E-state index is 12.9. The molecule has 0 spiro atoms. The SMILES string of the molecule is O=C(NCC(c1ccccc1)c1ccccc1)C1=CC=CN2CCS(=O)(=O)N=C12. The van der Waals surface area contributed by atoms with E-state index in [1.807, 2.05) is 60.7 Å². The molecule has 1 N–H and O–H groups in total. The van der Waals surface area contributed by atoms with E-state index in [0.717, 1.165) is 11.1 Å². The van der Waals surface area contributed by atoms with Gasteiger partial charge in [-0.15, -0.1) is 4.40 Å². The molecule has 0 radical (unpaired) electrons. The van der Waals surface area contributed by atoms with Crippen molar-refractivity contribution in [3.8, 4) is 0 Å². The van der Waals surface area contributed by atoms with Crippen LogP contribution in [-0.4, -0.2) is 43.9 Å². The van der Waals surface area contributed by atoms with Gasteiger partial charge < -0.3 is 10.2 Å². The number of nitrogens with one attached hydrogen (secondary N) is 1. The number of amides is 1. The van der Waals surface area contributed by atoms with E-state index in [4.69, 9.17) is 0 Å². The fourth-order valence-corrected chi connectivity index (χ4v) is 4.47. The Balaban J connectivity index is 1.56. The van der Waals surface area contributed by atoms with Crippen molar-refractivity contribution in [3.63, 3.8) is 0 Å². The van der Waals surface area contributed by atoms with Gasteiger partial charge in [-0.1, -0.05) is 60.7 Å². The highest BCUT2D eigenvalue weighted by Crippen LogP contribution is 2.24. The van der Waals surface area contributed by atoms with Gasteiger partial charge in [0.25, 0.3) is 15.9 Å². The molecule has 6 nitrogen and oxygen atoms in total. The Morgan fingerprint density at radius 3 is 2.28 bits per heavy atom. The third-order valence-electron chi connectivity index (χ3n) is 4.97. The molecule has 1 amide bonds. The van der Waals surface area contributed by atoms with E-state index < -0.39 is 10.0 Å². The van der Waals surface area contributed by atoms with Gasteiger partial charge >= 0.3 is 0 Å². The average Bonchev–Trinajstić information content (AvgIpc) is 2.74. The Bertz CT molecular complexity index is 1050. The number of carbonyl (C=O) groups excluding carboxylic acids is 1. The highest BCUT2D eigenvalue weighted by molar-refractivity contribution is 7.90. The molecule has 2 aliphatic rings. The van der Waals surface area contributed by atoms with Gasteiger partial charge in [0.05, 0.1) is 11.3 Å². The summed E-state index contributed by atoms with van der Waals surface area (Å²) in [4.78, 5) is 14.6. The van der Waals surface area contributed by atoms with Gasteiger partial charge in [0.15, 0.2) is 5.84 Å². The van der Waals surface area contributed by atoms with Crippen LogP contribution in [0.25, 0.3) is 0 Å². The zero-order valence-electron chi connectivity index (χ0n) is 15.7. The summed E-state index contributed by atoms with van der Waals surface area (Å²) in [7, 11) is -3.55. The summed E-state index contributed by atoms with van der Waals surface area (Å²) in [6, 6.07) is 19.9. The van der Waals surface area contributed by atoms with E-state index >= 15 is 0 Å². The molecule has 29 heavy (non-hydrogen) atoms. The van der Waals surface area contributed by atoms with Gasteiger partial charge in [-0.25, -0.2) is 8.42 Å². The zero-order chi connectivity index (χ0) is 20.3. The fraction of sp³-hybridized carbons (Fsp3) is 0.182. The van der Waals surface area contributed by atoms with Gasteiger partial charge in [-0.2, -0.15) is 0 Å². The van der Waals surface area contributed by atoms with Crippen LogP contribution in [0.2, 0.25) is 0 Å². The Kier molecular flexibility index (Phi) is 5.31. The number of allylic oxidation sites excluding steroid dienone is 2. The second kappa shape index (κ2) is 8.05. The van der Waals surface area contributed by atoms with Gasteiger partial charge in [0.1, 0.15) is 0 Å². The molecule has 0 aliphatic carbocycles. The molecule has 0 aromatic heterocycles. The molecule has 0 saturated heterocycles. The minimum Gasteiger partial charge on any atom is -0.351 e. The van der Waals surface area contributed by atoms with E-state index in [1.165, 1.54) is 0 Å². The molecule has 0 unspecified atom stereocenters. The molecule has 0 fully saturated rings. The van der Waals surface area contributed by atoms with E-state index in [1.54, 1.807) is 23.3 Å². The van der Waals surface area contributed by atoms with Crippen LogP contribution < -0.4 is 5.32 Å². The Morgan fingerprint density at radius 2 is 1.66 bits per heavy atom. The van der Waals surface area contributed by atoms with E-state index in [0.29, 0.717) is 13.1 Å². The number of benzene rings is 2. The Hall–Kier alpha value is -3.19. The van der Waals surface area contributed by atoms with Crippen molar-refractivity contribution in [2.45, 2.75) is 5.92 Å². The maximum Gasteiger partial charge on any atom is 0.256 e. The second-order valence-electron chi connectivity index (χ2n) is 6.90. The molecule has 0 saturated carbocycles. The number of hydrogen-bond donors (Lipinski definition) is 1. The minimum absolute atomic E-state index is 0.0192. The Labute approximate surface area is 170 Å². The van der Waals surface area contributed by atoms with Crippen LogP contribution in [0.3, 0.4) is 0 Å². The highest BCUT2D eigenvalue weighted by atomic mass is 32.2. The third-order valence-corrected chi connectivity index (χ3v) is 6.12. The van der Waals surface area contributed by atoms with Crippen molar-refractivity contribution in [2.24, 2.45) is 4.40 Å². The molecular weight excluding hydrogens is 386 g/mol. The summed E-state index contributed by atoms with van der Waals surface area (Å²) in [5, 5.41) is 2.97. The highest BCUT2D eigenvalue weighted by Gasteiger charge is 2.30. The van der Waals surface area contributed by atoms with Crippen LogP contribution in [0.5, 0.6) is 0 Å². The predicted octanol–water partition coefficient (Wildman–Crippen LogP) is 2.43. The molecular formula is C22H21N3O3S. The van der Waals surface area contributed by atoms with Crippen LogP contribution in [0.4, 0.5) is 0 Å². The number of rotatable bonds is 5. The van der Waals surface area contributed by atoms with Crippen molar-refractivity contribution in [2.75, 3.05) is 18.8 Å². The summed E-state index contributed by atoms with van der Waals surface area (Å²) in [6.45, 7) is 0.673. The summed E-state index contributed by atoms with van der Waals surface area (Å²) < 4.78 is 27.6. The molecule has 148 valence electrons. The normalized spacial score (nSPS) is 17.3. The molecule has 2 aromatic rings. The molecule has 2 heterocycles. The first-order chi connectivity index (χ1) is 14.0. The largest absolute Gasteiger partial charge is 0.351 e. The standard InChI is InChI=1S/C22H21N3O3S/c26-22(19-12-7-13-25-14-15-29(27,28)24-21(19)25)23-16-20(17-8-3-1-4-9-17)18-10-5-2-6-11-18/h1-13,20H,14-16H2,(H,23,26). The number of nitrogens with zero attached hydrogens (tertiary/aromatic N) is 2. The quantitative estimate of drug-likeness (QED) is 0.826. The van der Waals surface area contributed by atoms with Crippen molar-refractivity contribution in [1.82, 2.24) is 10.2 Å². The van der Waals surface area contributed by atoms with Crippen LogP contribution in [0, 0.1) is 0 Å². The van der Waals surface area contributed by atoms with Gasteiger partial charge in [0, 0.05) is 25.2 Å². The summed E-state index contributed by atoms with van der Waals surface area (Å²) in [5.41, 5.74) is 2.45. The molecule has 0 bridgehead atoms. The molecule has 4 rings (SSSR count). The van der Waals surface area contributed by atoms with Crippen LogP contribution in [0.1, 0.15) is 17.0 Å². The maximum atomic E-state index is 12.9. The first-order valence-electron chi connectivity index (χ1n) is 9.40. The topological polar surface area (TPSA) is 78.8 Å². The minimum atomic E-state index is -3.55. The monoisotopic (exact) mass is 407 g/mol. The van der Waals surface area contributed by atoms with Crippen LogP contribution >= 0.6 is 0 Å².